The molecule has 0 radical (unpaired) electrons. The van der Waals surface area contributed by atoms with Crippen LogP contribution in [0.4, 0.5) is 0 Å². The van der Waals surface area contributed by atoms with E-state index in [1.165, 1.54) is 0 Å². The maximum absolute atomic E-state index is 11.0. The molecule has 0 aliphatic carbocycles. The first-order valence-corrected chi connectivity index (χ1v) is 4.60. The molecule has 0 aromatic carbocycles. The van der Waals surface area contributed by atoms with E-state index in [2.05, 4.69) is 12.2 Å². The van der Waals surface area contributed by atoms with Crippen molar-refractivity contribution >= 4 is 11.7 Å². The van der Waals surface area contributed by atoms with Gasteiger partial charge in [0.05, 0.1) is 6.54 Å². The van der Waals surface area contributed by atoms with E-state index < -0.39 is 0 Å². The number of nitrogens with zero attached hydrogens (tertiary/aromatic N) is 1. The number of carbonyl (C=O) groups is 2. The fourth-order valence-electron chi connectivity index (χ4n) is 1.39. The minimum absolute atomic E-state index is 0.0571. The molecule has 1 fully saturated rings. The van der Waals surface area contributed by atoms with Crippen LogP contribution in [0.15, 0.2) is 0 Å². The summed E-state index contributed by atoms with van der Waals surface area (Å²) in [5.41, 5.74) is 0. The summed E-state index contributed by atoms with van der Waals surface area (Å²) < 4.78 is 0. The van der Waals surface area contributed by atoms with Crippen LogP contribution < -0.4 is 5.32 Å². The van der Waals surface area contributed by atoms with Crippen molar-refractivity contribution in [1.82, 2.24) is 10.2 Å². The van der Waals surface area contributed by atoms with Gasteiger partial charge in [-0.3, -0.25) is 14.5 Å². The Bertz CT molecular complexity index is 216. The topological polar surface area (TPSA) is 49.4 Å². The van der Waals surface area contributed by atoms with Gasteiger partial charge < -0.3 is 5.32 Å². The lowest BCUT2D eigenvalue weighted by Gasteiger charge is -2.32. The van der Waals surface area contributed by atoms with Gasteiger partial charge in [-0.25, -0.2) is 0 Å². The molecule has 0 spiro atoms. The summed E-state index contributed by atoms with van der Waals surface area (Å²) in [7, 11) is 0. The SMILES string of the molecule is CC(=O)CCN1CC(=O)NCC1C. The zero-order valence-corrected chi connectivity index (χ0v) is 8.17. The average Bonchev–Trinajstić information content (AvgIpc) is 2.06. The molecule has 1 unspecified atom stereocenters. The molecule has 1 heterocycles. The molecule has 1 amide bonds. The van der Waals surface area contributed by atoms with Crippen LogP contribution in [0.3, 0.4) is 0 Å². The van der Waals surface area contributed by atoms with Gasteiger partial charge in [0.25, 0.3) is 0 Å². The molecular weight excluding hydrogens is 168 g/mol. The summed E-state index contributed by atoms with van der Waals surface area (Å²) in [5.74, 6) is 0.236. The Kier molecular flexibility index (Phi) is 3.42. The van der Waals surface area contributed by atoms with Gasteiger partial charge in [0, 0.05) is 25.6 Å². The van der Waals surface area contributed by atoms with E-state index in [0.29, 0.717) is 32.1 Å². The van der Waals surface area contributed by atoms with Crippen molar-refractivity contribution in [1.29, 1.82) is 0 Å². The predicted octanol–water partition coefficient (Wildman–Crippen LogP) is -0.214. The first-order chi connectivity index (χ1) is 6.09. The van der Waals surface area contributed by atoms with Crippen molar-refractivity contribution in [3.8, 4) is 0 Å². The highest BCUT2D eigenvalue weighted by atomic mass is 16.2. The minimum Gasteiger partial charge on any atom is -0.353 e. The zero-order chi connectivity index (χ0) is 9.84. The highest BCUT2D eigenvalue weighted by Gasteiger charge is 2.22. The van der Waals surface area contributed by atoms with E-state index in [4.69, 9.17) is 0 Å². The Balaban J connectivity index is 2.37. The summed E-state index contributed by atoms with van der Waals surface area (Å²) in [6, 6.07) is 0.344. The molecule has 0 aromatic rings. The second-order valence-electron chi connectivity index (χ2n) is 3.58. The molecule has 74 valence electrons. The van der Waals surface area contributed by atoms with Gasteiger partial charge in [0.1, 0.15) is 5.78 Å². The van der Waals surface area contributed by atoms with Crippen molar-refractivity contribution < 1.29 is 9.59 Å². The van der Waals surface area contributed by atoms with Gasteiger partial charge >= 0.3 is 0 Å². The smallest absolute Gasteiger partial charge is 0.234 e. The molecule has 0 saturated carbocycles. The summed E-state index contributed by atoms with van der Waals surface area (Å²) in [6.45, 7) is 5.45. The number of piperazine rings is 1. The number of Topliss-reactive ketones (excluding diaryl/α,β-unsaturated/α-hetero) is 1. The molecule has 1 aliphatic heterocycles. The van der Waals surface area contributed by atoms with Crippen molar-refractivity contribution in [2.24, 2.45) is 0 Å². The fourth-order valence-corrected chi connectivity index (χ4v) is 1.39. The third-order valence-electron chi connectivity index (χ3n) is 2.32. The molecule has 0 aromatic heterocycles. The first-order valence-electron chi connectivity index (χ1n) is 4.60. The van der Waals surface area contributed by atoms with Crippen LogP contribution in [-0.4, -0.2) is 42.3 Å². The number of amides is 1. The molecule has 1 rings (SSSR count). The van der Waals surface area contributed by atoms with Gasteiger partial charge in [-0.2, -0.15) is 0 Å². The normalized spacial score (nSPS) is 24.2. The molecular formula is C9H16N2O2. The van der Waals surface area contributed by atoms with E-state index in [1.807, 2.05) is 4.90 Å². The van der Waals surface area contributed by atoms with E-state index in [9.17, 15) is 9.59 Å². The monoisotopic (exact) mass is 184 g/mol. The zero-order valence-electron chi connectivity index (χ0n) is 8.17. The Labute approximate surface area is 78.3 Å². The second-order valence-corrected chi connectivity index (χ2v) is 3.58. The van der Waals surface area contributed by atoms with Gasteiger partial charge in [-0.05, 0) is 13.8 Å². The van der Waals surface area contributed by atoms with Gasteiger partial charge in [0.15, 0.2) is 0 Å². The highest BCUT2D eigenvalue weighted by Crippen LogP contribution is 2.03. The number of carbonyl (C=O) groups excluding carboxylic acids is 2. The number of ketones is 1. The number of hydrogen-bond acceptors (Lipinski definition) is 3. The van der Waals surface area contributed by atoms with E-state index in [1.54, 1.807) is 6.92 Å². The molecule has 4 heteroatoms. The first kappa shape index (κ1) is 10.2. The Morgan fingerprint density at radius 3 is 3.00 bits per heavy atom. The number of nitrogens with one attached hydrogen (secondary N) is 1. The van der Waals surface area contributed by atoms with E-state index in [-0.39, 0.29) is 11.7 Å². The van der Waals surface area contributed by atoms with E-state index >= 15 is 0 Å². The minimum atomic E-state index is 0.0571. The molecule has 1 atom stereocenters. The van der Waals surface area contributed by atoms with Crippen LogP contribution in [0.5, 0.6) is 0 Å². The van der Waals surface area contributed by atoms with Crippen LogP contribution >= 0.6 is 0 Å². The third-order valence-corrected chi connectivity index (χ3v) is 2.32. The summed E-state index contributed by atoms with van der Waals surface area (Å²) in [6.07, 6.45) is 0.539. The lowest BCUT2D eigenvalue weighted by atomic mass is 10.2. The maximum Gasteiger partial charge on any atom is 0.234 e. The van der Waals surface area contributed by atoms with Gasteiger partial charge in [-0.1, -0.05) is 0 Å². The van der Waals surface area contributed by atoms with Crippen molar-refractivity contribution in [3.05, 3.63) is 0 Å². The van der Waals surface area contributed by atoms with Crippen LogP contribution in [0, 0.1) is 0 Å². The summed E-state index contributed by atoms with van der Waals surface area (Å²) >= 11 is 0. The second kappa shape index (κ2) is 4.37. The number of rotatable bonds is 3. The fraction of sp³-hybridized carbons (Fsp3) is 0.778. The lowest BCUT2D eigenvalue weighted by molar-refractivity contribution is -0.126. The van der Waals surface area contributed by atoms with Crippen molar-refractivity contribution in [3.63, 3.8) is 0 Å². The summed E-state index contributed by atoms with van der Waals surface area (Å²) in [4.78, 5) is 23.8. The number of hydrogen-bond donors (Lipinski definition) is 1. The molecule has 4 nitrogen and oxygen atoms in total. The highest BCUT2D eigenvalue weighted by molar-refractivity contribution is 5.79. The van der Waals surface area contributed by atoms with Crippen molar-refractivity contribution in [2.75, 3.05) is 19.6 Å². The molecule has 1 N–H and O–H groups in total. The third kappa shape index (κ3) is 3.14. The maximum atomic E-state index is 11.0. The Hall–Kier alpha value is -0.900. The van der Waals surface area contributed by atoms with E-state index in [0.717, 1.165) is 0 Å². The van der Waals surface area contributed by atoms with Gasteiger partial charge in [0.2, 0.25) is 5.91 Å². The van der Waals surface area contributed by atoms with Crippen molar-refractivity contribution in [2.45, 2.75) is 26.3 Å². The standard InChI is InChI=1S/C9H16N2O2/c1-7-5-10-9(13)6-11(7)4-3-8(2)12/h7H,3-6H2,1-2H3,(H,10,13). The largest absolute Gasteiger partial charge is 0.353 e. The molecule has 1 saturated heterocycles. The molecule has 1 aliphatic rings. The molecule has 0 bridgehead atoms. The van der Waals surface area contributed by atoms with Crippen LogP contribution in [0.2, 0.25) is 0 Å². The Morgan fingerprint density at radius 2 is 2.38 bits per heavy atom. The predicted molar refractivity (Wildman–Crippen MR) is 49.3 cm³/mol. The van der Waals surface area contributed by atoms with Crippen LogP contribution in [-0.2, 0) is 9.59 Å². The molecule has 13 heavy (non-hydrogen) atoms. The Morgan fingerprint density at radius 1 is 1.69 bits per heavy atom. The quantitative estimate of drug-likeness (QED) is 0.660. The van der Waals surface area contributed by atoms with Crippen LogP contribution in [0.25, 0.3) is 0 Å². The average molecular weight is 184 g/mol. The summed E-state index contributed by atoms with van der Waals surface area (Å²) in [5, 5.41) is 2.78. The van der Waals surface area contributed by atoms with Gasteiger partial charge in [-0.15, -0.1) is 0 Å². The lowest BCUT2D eigenvalue weighted by Crippen LogP contribution is -2.53. The van der Waals surface area contributed by atoms with Crippen LogP contribution in [0.1, 0.15) is 20.3 Å².